The first-order chi connectivity index (χ1) is 8.95. The Morgan fingerprint density at radius 2 is 1.42 bits per heavy atom. The van der Waals surface area contributed by atoms with E-state index in [1.54, 1.807) is 0 Å². The average molecular weight is 278 g/mol. The lowest BCUT2D eigenvalue weighted by atomic mass is 10.1. The molecule has 0 amide bonds. The largest absolute Gasteiger partial charge is 0.481 e. The Morgan fingerprint density at radius 3 is 1.74 bits per heavy atom. The van der Waals surface area contributed by atoms with Gasteiger partial charge in [-0.1, -0.05) is 45.4 Å². The Morgan fingerprint density at radius 1 is 0.947 bits per heavy atom. The molecule has 0 aromatic heterocycles. The molecule has 0 saturated heterocycles. The van der Waals surface area contributed by atoms with Crippen molar-refractivity contribution in [2.75, 3.05) is 6.61 Å². The number of hydrogen-bond donors (Lipinski definition) is 4. The zero-order valence-electron chi connectivity index (χ0n) is 11.5. The fourth-order valence-electron chi connectivity index (χ4n) is 1.31. The molecule has 0 heterocycles. The summed E-state index contributed by atoms with van der Waals surface area (Å²) in [6, 6.07) is 0. The predicted octanol–water partition coefficient (Wildman–Crippen LogP) is 1.64. The molecular formula is C13H26O6. The van der Waals surface area contributed by atoms with Gasteiger partial charge in [0.25, 0.3) is 0 Å². The van der Waals surface area contributed by atoms with E-state index in [0.717, 1.165) is 12.8 Å². The zero-order valence-corrected chi connectivity index (χ0v) is 11.5. The quantitative estimate of drug-likeness (QED) is 0.451. The van der Waals surface area contributed by atoms with Gasteiger partial charge in [-0.15, -0.1) is 0 Å². The van der Waals surface area contributed by atoms with Crippen LogP contribution in [0.3, 0.4) is 0 Å². The second kappa shape index (κ2) is 14.9. The third-order valence-electron chi connectivity index (χ3n) is 2.45. The maximum Gasteiger partial charge on any atom is 0.334 e. The Hall–Kier alpha value is -1.14. The lowest BCUT2D eigenvalue weighted by Crippen LogP contribution is -2.22. The molecule has 6 nitrogen and oxygen atoms in total. The molecule has 0 fully saturated rings. The van der Waals surface area contributed by atoms with E-state index in [4.69, 9.17) is 20.4 Å². The van der Waals surface area contributed by atoms with E-state index in [1.807, 2.05) is 0 Å². The molecular weight excluding hydrogens is 252 g/mol. The SMILES string of the molecule is CCCCCCCCCC(=O)O.O=C(O)C(O)CO. The molecule has 0 bridgehead atoms. The van der Waals surface area contributed by atoms with Crippen molar-refractivity contribution in [2.45, 2.75) is 64.4 Å². The molecule has 19 heavy (non-hydrogen) atoms. The molecule has 0 rings (SSSR count). The Balaban J connectivity index is 0. The highest BCUT2D eigenvalue weighted by molar-refractivity contribution is 5.71. The first-order valence-corrected chi connectivity index (χ1v) is 6.69. The summed E-state index contributed by atoms with van der Waals surface area (Å²) in [5.41, 5.74) is 0. The van der Waals surface area contributed by atoms with Gasteiger partial charge in [0.05, 0.1) is 6.61 Å². The fourth-order valence-corrected chi connectivity index (χ4v) is 1.31. The normalized spacial score (nSPS) is 11.3. The minimum atomic E-state index is -1.63. The van der Waals surface area contributed by atoms with Gasteiger partial charge in [0.1, 0.15) is 0 Å². The molecule has 1 atom stereocenters. The Kier molecular flexibility index (Phi) is 15.8. The van der Waals surface area contributed by atoms with E-state index in [0.29, 0.717) is 6.42 Å². The summed E-state index contributed by atoms with van der Waals surface area (Å²) in [5.74, 6) is -2.06. The number of aliphatic hydroxyl groups is 2. The molecule has 0 aromatic rings. The molecule has 0 aromatic carbocycles. The van der Waals surface area contributed by atoms with Crippen LogP contribution < -0.4 is 0 Å². The number of carboxylic acid groups (broad SMARTS) is 2. The molecule has 6 heteroatoms. The van der Waals surface area contributed by atoms with Crippen molar-refractivity contribution in [2.24, 2.45) is 0 Å². The first-order valence-electron chi connectivity index (χ1n) is 6.69. The van der Waals surface area contributed by atoms with E-state index in [2.05, 4.69) is 6.92 Å². The number of carboxylic acids is 2. The molecule has 0 radical (unpaired) electrons. The topological polar surface area (TPSA) is 115 Å². The average Bonchev–Trinajstić information content (AvgIpc) is 2.37. The summed E-state index contributed by atoms with van der Waals surface area (Å²) < 4.78 is 0. The van der Waals surface area contributed by atoms with Crippen LogP contribution in [0.5, 0.6) is 0 Å². The van der Waals surface area contributed by atoms with Crippen LogP contribution in [0.15, 0.2) is 0 Å². The number of hydrogen-bond acceptors (Lipinski definition) is 4. The highest BCUT2D eigenvalue weighted by atomic mass is 16.4. The van der Waals surface area contributed by atoms with Crippen molar-refractivity contribution >= 4 is 11.9 Å². The molecule has 114 valence electrons. The van der Waals surface area contributed by atoms with Crippen LogP contribution in [0, 0.1) is 0 Å². The molecule has 1 unspecified atom stereocenters. The predicted molar refractivity (Wildman–Crippen MR) is 71.0 cm³/mol. The number of aliphatic carboxylic acids is 2. The van der Waals surface area contributed by atoms with Crippen molar-refractivity contribution in [3.8, 4) is 0 Å². The Bertz CT molecular complexity index is 229. The zero-order chi connectivity index (χ0) is 15.1. The van der Waals surface area contributed by atoms with Crippen LogP contribution in [-0.2, 0) is 9.59 Å². The van der Waals surface area contributed by atoms with Gasteiger partial charge in [-0.3, -0.25) is 4.79 Å². The highest BCUT2D eigenvalue weighted by Crippen LogP contribution is 2.07. The van der Waals surface area contributed by atoms with E-state index in [1.165, 1.54) is 32.1 Å². The van der Waals surface area contributed by atoms with E-state index >= 15 is 0 Å². The van der Waals surface area contributed by atoms with E-state index in [-0.39, 0.29) is 0 Å². The molecule has 0 aliphatic rings. The van der Waals surface area contributed by atoms with Crippen LogP contribution in [0.1, 0.15) is 58.3 Å². The lowest BCUT2D eigenvalue weighted by Gasteiger charge is -1.98. The molecule has 0 spiro atoms. The van der Waals surface area contributed by atoms with Gasteiger partial charge in [0, 0.05) is 6.42 Å². The summed E-state index contributed by atoms with van der Waals surface area (Å²) in [7, 11) is 0. The molecule has 4 N–H and O–H groups in total. The van der Waals surface area contributed by atoms with Gasteiger partial charge in [0.15, 0.2) is 6.10 Å². The summed E-state index contributed by atoms with van der Waals surface area (Å²) >= 11 is 0. The van der Waals surface area contributed by atoms with Gasteiger partial charge < -0.3 is 20.4 Å². The van der Waals surface area contributed by atoms with Crippen molar-refractivity contribution < 1.29 is 30.0 Å². The van der Waals surface area contributed by atoms with Crippen molar-refractivity contribution in [1.82, 2.24) is 0 Å². The first kappa shape index (κ1) is 20.2. The number of carbonyl (C=O) groups is 2. The van der Waals surface area contributed by atoms with Crippen LogP contribution in [0.4, 0.5) is 0 Å². The van der Waals surface area contributed by atoms with Gasteiger partial charge >= 0.3 is 11.9 Å². The third kappa shape index (κ3) is 19.4. The summed E-state index contributed by atoms with van der Waals surface area (Å²) in [6.07, 6.45) is 7.02. The fraction of sp³-hybridized carbons (Fsp3) is 0.846. The van der Waals surface area contributed by atoms with Crippen molar-refractivity contribution in [3.05, 3.63) is 0 Å². The molecule has 0 aliphatic heterocycles. The van der Waals surface area contributed by atoms with Crippen LogP contribution in [0.2, 0.25) is 0 Å². The van der Waals surface area contributed by atoms with Crippen molar-refractivity contribution in [3.63, 3.8) is 0 Å². The smallest absolute Gasteiger partial charge is 0.334 e. The lowest BCUT2D eigenvalue weighted by molar-refractivity contribution is -0.148. The summed E-state index contributed by atoms with van der Waals surface area (Å²) in [5, 5.41) is 32.1. The van der Waals surface area contributed by atoms with Gasteiger partial charge in [-0.25, -0.2) is 4.79 Å². The second-order valence-corrected chi connectivity index (χ2v) is 4.30. The van der Waals surface area contributed by atoms with E-state index in [9.17, 15) is 9.59 Å². The number of rotatable bonds is 10. The third-order valence-corrected chi connectivity index (χ3v) is 2.45. The standard InChI is InChI=1S/C10H20O2.C3H6O4/c1-2-3-4-5-6-7-8-9-10(11)12;4-1-2(5)3(6)7/h2-9H2,1H3,(H,11,12);2,4-5H,1H2,(H,6,7). The van der Waals surface area contributed by atoms with Crippen LogP contribution in [0.25, 0.3) is 0 Å². The van der Waals surface area contributed by atoms with Crippen LogP contribution in [-0.4, -0.2) is 45.1 Å². The maximum atomic E-state index is 10.1. The summed E-state index contributed by atoms with van der Waals surface area (Å²) in [4.78, 5) is 19.7. The van der Waals surface area contributed by atoms with Gasteiger partial charge in [0.2, 0.25) is 0 Å². The highest BCUT2D eigenvalue weighted by Gasteiger charge is 2.08. The molecule has 0 saturated carbocycles. The van der Waals surface area contributed by atoms with Crippen molar-refractivity contribution in [1.29, 1.82) is 0 Å². The van der Waals surface area contributed by atoms with Gasteiger partial charge in [-0.05, 0) is 6.42 Å². The Labute approximate surface area is 114 Å². The minimum absolute atomic E-state index is 0.341. The minimum Gasteiger partial charge on any atom is -0.481 e. The summed E-state index contributed by atoms with van der Waals surface area (Å²) in [6.45, 7) is 1.47. The maximum absolute atomic E-state index is 10.1. The van der Waals surface area contributed by atoms with E-state index < -0.39 is 24.6 Å². The van der Waals surface area contributed by atoms with Gasteiger partial charge in [-0.2, -0.15) is 0 Å². The number of unbranched alkanes of at least 4 members (excludes halogenated alkanes) is 6. The molecule has 0 aliphatic carbocycles. The second-order valence-electron chi connectivity index (χ2n) is 4.30. The number of aliphatic hydroxyl groups excluding tert-OH is 2. The monoisotopic (exact) mass is 278 g/mol. The van der Waals surface area contributed by atoms with Crippen LogP contribution >= 0.6 is 0 Å².